The molecule has 7 rings (SSSR count). The molecule has 4 saturated carbocycles. The number of nitrogens with zero attached hydrogens (tertiary/aromatic N) is 1. The number of carbonyl (C=O) groups excluding carboxylic acids is 1. The van der Waals surface area contributed by atoms with Gasteiger partial charge < -0.3 is 14.6 Å². The molecule has 4 fully saturated rings. The number of nitrogens with one attached hydrogen (secondary N) is 1. The quantitative estimate of drug-likeness (QED) is 0.348. The number of rotatable bonds is 7. The second-order valence-corrected chi connectivity index (χ2v) is 11.4. The molecule has 0 atom stereocenters. The van der Waals surface area contributed by atoms with Crippen molar-refractivity contribution < 1.29 is 9.53 Å². The minimum absolute atomic E-state index is 0.289. The molecule has 0 unspecified atom stereocenters. The van der Waals surface area contributed by atoms with Gasteiger partial charge in [0.1, 0.15) is 5.69 Å². The van der Waals surface area contributed by atoms with Crippen LogP contribution in [-0.4, -0.2) is 17.1 Å². The summed E-state index contributed by atoms with van der Waals surface area (Å²) < 4.78 is 7.07. The minimum atomic E-state index is -0.289. The lowest BCUT2D eigenvalue weighted by Crippen LogP contribution is -2.48. The first-order chi connectivity index (χ1) is 17.0. The fourth-order valence-corrected chi connectivity index (χ4v) is 7.63. The van der Waals surface area contributed by atoms with Gasteiger partial charge in [-0.25, -0.2) is 4.79 Å². The molecule has 2 aromatic carbocycles. The van der Waals surface area contributed by atoms with Crippen molar-refractivity contribution in [1.82, 2.24) is 4.57 Å². The normalized spacial score (nSPS) is 26.6. The Bertz CT molecular complexity index is 1190. The smallest absolute Gasteiger partial charge is 0.354 e. The van der Waals surface area contributed by atoms with Crippen molar-refractivity contribution >= 4 is 28.9 Å². The van der Waals surface area contributed by atoms with Crippen molar-refractivity contribution in [3.63, 3.8) is 0 Å². The Morgan fingerprint density at radius 1 is 1.03 bits per heavy atom. The minimum Gasteiger partial charge on any atom is -0.461 e. The predicted molar refractivity (Wildman–Crippen MR) is 141 cm³/mol. The summed E-state index contributed by atoms with van der Waals surface area (Å²) in [5.41, 5.74) is 5.44. The molecule has 4 aliphatic carbocycles. The molecule has 0 saturated heterocycles. The van der Waals surface area contributed by atoms with E-state index in [1.165, 1.54) is 44.1 Å². The van der Waals surface area contributed by atoms with Crippen LogP contribution in [-0.2, 0) is 16.7 Å². The topological polar surface area (TPSA) is 43.3 Å². The van der Waals surface area contributed by atoms with Crippen LogP contribution >= 0.6 is 11.6 Å². The van der Waals surface area contributed by atoms with Gasteiger partial charge in [-0.05, 0) is 116 Å². The Balaban J connectivity index is 1.14. The van der Waals surface area contributed by atoms with E-state index in [0.717, 1.165) is 39.7 Å². The second-order valence-electron chi connectivity index (χ2n) is 11.0. The van der Waals surface area contributed by atoms with Gasteiger partial charge in [-0.2, -0.15) is 0 Å². The fraction of sp³-hybridized carbons (Fsp3) is 0.433. The first-order valence-corrected chi connectivity index (χ1v) is 13.4. The molecule has 1 N–H and O–H groups in total. The highest BCUT2D eigenvalue weighted by Crippen LogP contribution is 2.61. The highest BCUT2D eigenvalue weighted by atomic mass is 35.5. The number of hydrogen-bond acceptors (Lipinski definition) is 3. The van der Waals surface area contributed by atoms with Crippen LogP contribution in [0.2, 0.25) is 5.02 Å². The maximum Gasteiger partial charge on any atom is 0.354 e. The summed E-state index contributed by atoms with van der Waals surface area (Å²) in [4.78, 5) is 12.1. The monoisotopic (exact) mass is 488 g/mol. The standard InChI is InChI=1S/C30H33ClN2O2/c1-2-35-29(34)28-4-3-11-33(28)19-20-5-8-25(9-6-20)32-27-10-7-24(15-26(27)31)30-16-21-12-22(17-30)14-23(13-21)18-30/h3-11,15,21-23,32H,2,12-14,16-19H2,1H3. The van der Waals surface area contributed by atoms with E-state index >= 15 is 0 Å². The summed E-state index contributed by atoms with van der Waals surface area (Å²) in [5.74, 6) is 2.49. The SMILES string of the molecule is CCOC(=O)c1cccn1Cc1ccc(Nc2ccc(C34CC5CC(CC(C5)C3)C4)cc2Cl)cc1. The summed E-state index contributed by atoms with van der Waals surface area (Å²) in [5, 5.41) is 4.29. The molecule has 5 heteroatoms. The number of esters is 1. The zero-order chi connectivity index (χ0) is 24.0. The van der Waals surface area contributed by atoms with E-state index < -0.39 is 0 Å². The number of benzene rings is 2. The van der Waals surface area contributed by atoms with Crippen LogP contribution in [0.25, 0.3) is 0 Å². The van der Waals surface area contributed by atoms with Gasteiger partial charge in [0, 0.05) is 18.4 Å². The van der Waals surface area contributed by atoms with Crippen LogP contribution in [0.1, 0.15) is 67.1 Å². The molecule has 0 spiro atoms. The number of halogens is 1. The zero-order valence-corrected chi connectivity index (χ0v) is 21.1. The Morgan fingerprint density at radius 3 is 2.34 bits per heavy atom. The van der Waals surface area contributed by atoms with Gasteiger partial charge in [-0.15, -0.1) is 0 Å². The Kier molecular flexibility index (Phi) is 5.88. The lowest BCUT2D eigenvalue weighted by atomic mass is 9.48. The van der Waals surface area contributed by atoms with Gasteiger partial charge in [0.15, 0.2) is 0 Å². The van der Waals surface area contributed by atoms with E-state index in [9.17, 15) is 4.79 Å². The maximum atomic E-state index is 12.1. The summed E-state index contributed by atoms with van der Waals surface area (Å²) in [6.45, 7) is 2.80. The van der Waals surface area contributed by atoms with Crippen molar-refractivity contribution in [3.05, 3.63) is 82.6 Å². The van der Waals surface area contributed by atoms with Crippen LogP contribution in [0.15, 0.2) is 60.8 Å². The molecule has 4 aliphatic rings. The van der Waals surface area contributed by atoms with Gasteiger partial charge in [0.05, 0.1) is 17.3 Å². The molecular formula is C30H33ClN2O2. The van der Waals surface area contributed by atoms with Crippen LogP contribution in [0, 0.1) is 17.8 Å². The van der Waals surface area contributed by atoms with E-state index in [2.05, 4.69) is 47.8 Å². The number of ether oxygens (including phenoxy) is 1. The van der Waals surface area contributed by atoms with E-state index in [-0.39, 0.29) is 5.97 Å². The third-order valence-corrected chi connectivity index (χ3v) is 8.83. The predicted octanol–water partition coefficient (Wildman–Crippen LogP) is 7.58. The summed E-state index contributed by atoms with van der Waals surface area (Å²) in [7, 11) is 0. The third-order valence-electron chi connectivity index (χ3n) is 8.52. The largest absolute Gasteiger partial charge is 0.461 e. The lowest BCUT2D eigenvalue weighted by Gasteiger charge is -2.57. The molecule has 0 aliphatic heterocycles. The van der Waals surface area contributed by atoms with E-state index in [1.807, 2.05) is 23.8 Å². The molecule has 0 radical (unpaired) electrons. The first kappa shape index (κ1) is 22.7. The van der Waals surface area contributed by atoms with E-state index in [4.69, 9.17) is 16.3 Å². The van der Waals surface area contributed by atoms with Crippen LogP contribution in [0.3, 0.4) is 0 Å². The summed E-state index contributed by atoms with van der Waals surface area (Å²) in [6, 6.07) is 18.7. The van der Waals surface area contributed by atoms with Gasteiger partial charge in [-0.1, -0.05) is 29.8 Å². The van der Waals surface area contributed by atoms with Crippen molar-refractivity contribution in [3.8, 4) is 0 Å². The molecule has 4 bridgehead atoms. The molecule has 1 heterocycles. The van der Waals surface area contributed by atoms with Gasteiger partial charge in [-0.3, -0.25) is 0 Å². The average molecular weight is 489 g/mol. The lowest BCUT2D eigenvalue weighted by molar-refractivity contribution is -0.00518. The zero-order valence-electron chi connectivity index (χ0n) is 20.3. The highest BCUT2D eigenvalue weighted by molar-refractivity contribution is 6.33. The summed E-state index contributed by atoms with van der Waals surface area (Å²) in [6.07, 6.45) is 10.3. The van der Waals surface area contributed by atoms with Crippen LogP contribution < -0.4 is 5.32 Å². The number of anilines is 2. The Morgan fingerprint density at radius 2 is 1.71 bits per heavy atom. The molecule has 4 nitrogen and oxygen atoms in total. The van der Waals surface area contributed by atoms with Crippen molar-refractivity contribution in [2.75, 3.05) is 11.9 Å². The van der Waals surface area contributed by atoms with Crippen LogP contribution in [0.5, 0.6) is 0 Å². The van der Waals surface area contributed by atoms with Crippen molar-refractivity contribution in [2.24, 2.45) is 17.8 Å². The molecule has 1 aromatic heterocycles. The molecule has 35 heavy (non-hydrogen) atoms. The van der Waals surface area contributed by atoms with Crippen LogP contribution in [0.4, 0.5) is 11.4 Å². The number of aromatic nitrogens is 1. The Hall–Kier alpha value is -2.72. The first-order valence-electron chi connectivity index (χ1n) is 13.0. The average Bonchev–Trinajstić information content (AvgIpc) is 3.29. The van der Waals surface area contributed by atoms with Crippen molar-refractivity contribution in [2.45, 2.75) is 57.4 Å². The maximum absolute atomic E-state index is 12.1. The molecule has 0 amide bonds. The number of hydrogen-bond donors (Lipinski definition) is 1. The Labute approximate surface area is 212 Å². The van der Waals surface area contributed by atoms with Gasteiger partial charge >= 0.3 is 5.97 Å². The van der Waals surface area contributed by atoms with Gasteiger partial charge in [0.2, 0.25) is 0 Å². The second kappa shape index (κ2) is 9.05. The van der Waals surface area contributed by atoms with Crippen molar-refractivity contribution in [1.29, 1.82) is 0 Å². The third kappa shape index (κ3) is 4.38. The molecule has 182 valence electrons. The summed E-state index contributed by atoms with van der Waals surface area (Å²) >= 11 is 6.81. The van der Waals surface area contributed by atoms with E-state index in [0.29, 0.717) is 24.3 Å². The highest BCUT2D eigenvalue weighted by Gasteiger charge is 2.51. The van der Waals surface area contributed by atoms with E-state index in [1.54, 1.807) is 6.07 Å². The fourth-order valence-electron chi connectivity index (χ4n) is 7.40. The van der Waals surface area contributed by atoms with Gasteiger partial charge in [0.25, 0.3) is 0 Å². The molecular weight excluding hydrogens is 456 g/mol. The number of carbonyl (C=O) groups is 1. The molecule has 3 aromatic rings.